The summed E-state index contributed by atoms with van der Waals surface area (Å²) in [5, 5.41) is 9.89. The molecule has 0 atom stereocenters. The summed E-state index contributed by atoms with van der Waals surface area (Å²) in [6, 6.07) is 11.0. The molecule has 1 amide bonds. The van der Waals surface area contributed by atoms with Crippen LogP contribution in [-0.2, 0) is 9.53 Å². The number of phenolic OH excluding ortho intramolecular Hbond substituents is 1. The smallest absolute Gasteiger partial charge is 0.296 e. The summed E-state index contributed by atoms with van der Waals surface area (Å²) in [7, 11) is 1.54. The molecule has 5 nitrogen and oxygen atoms in total. The fourth-order valence-corrected chi connectivity index (χ4v) is 2.74. The van der Waals surface area contributed by atoms with Crippen LogP contribution in [0.1, 0.15) is 16.7 Å². The number of aryl methyl sites for hydroxylation is 2. The maximum Gasteiger partial charge on any atom is 0.296 e. The van der Waals surface area contributed by atoms with Crippen LogP contribution in [0.5, 0.6) is 11.5 Å². The molecule has 1 aliphatic rings. The molecule has 0 saturated heterocycles. The highest BCUT2D eigenvalue weighted by Gasteiger charge is 2.30. The van der Waals surface area contributed by atoms with Crippen molar-refractivity contribution in [3.63, 3.8) is 0 Å². The molecule has 1 aliphatic heterocycles. The molecule has 3 rings (SSSR count). The van der Waals surface area contributed by atoms with E-state index in [-0.39, 0.29) is 24.1 Å². The van der Waals surface area contributed by atoms with E-state index >= 15 is 0 Å². The third-order valence-corrected chi connectivity index (χ3v) is 3.90. The minimum absolute atomic E-state index is 0.143. The summed E-state index contributed by atoms with van der Waals surface area (Å²) >= 11 is 0. The van der Waals surface area contributed by atoms with Gasteiger partial charge in [0.1, 0.15) is 12.5 Å². The number of aromatic hydroxyl groups is 1. The van der Waals surface area contributed by atoms with E-state index in [4.69, 9.17) is 9.47 Å². The predicted octanol–water partition coefficient (Wildman–Crippen LogP) is 3.38. The molecule has 5 heteroatoms. The van der Waals surface area contributed by atoms with E-state index in [2.05, 4.69) is 0 Å². The SMILES string of the molecule is COCN1C(=O)/C(=C\c2cc(C)c(O)c(C)c2)Oc2ccccc21. The molecule has 24 heavy (non-hydrogen) atoms. The third-order valence-electron chi connectivity index (χ3n) is 3.90. The van der Waals surface area contributed by atoms with Crippen molar-refractivity contribution in [3.8, 4) is 11.5 Å². The molecular formula is C19H19NO4. The van der Waals surface area contributed by atoms with Crippen LogP contribution in [0.4, 0.5) is 5.69 Å². The third kappa shape index (κ3) is 2.86. The lowest BCUT2D eigenvalue weighted by atomic mass is 10.0. The first-order chi connectivity index (χ1) is 11.5. The molecule has 0 aromatic heterocycles. The zero-order chi connectivity index (χ0) is 17.3. The monoisotopic (exact) mass is 325 g/mol. The van der Waals surface area contributed by atoms with Gasteiger partial charge in [0.25, 0.3) is 5.91 Å². The number of hydrogen-bond donors (Lipinski definition) is 1. The molecule has 124 valence electrons. The van der Waals surface area contributed by atoms with Gasteiger partial charge in [0.2, 0.25) is 0 Å². The largest absolute Gasteiger partial charge is 0.507 e. The summed E-state index contributed by atoms with van der Waals surface area (Å²) in [6.45, 7) is 3.78. The second kappa shape index (κ2) is 6.37. The van der Waals surface area contributed by atoms with Crippen molar-refractivity contribution >= 4 is 17.7 Å². The minimum atomic E-state index is -0.265. The Balaban J connectivity index is 2.04. The van der Waals surface area contributed by atoms with Crippen molar-refractivity contribution < 1.29 is 19.4 Å². The van der Waals surface area contributed by atoms with Crippen LogP contribution in [0, 0.1) is 13.8 Å². The zero-order valence-electron chi connectivity index (χ0n) is 13.9. The number of rotatable bonds is 3. The fourth-order valence-electron chi connectivity index (χ4n) is 2.74. The van der Waals surface area contributed by atoms with Gasteiger partial charge in [0.05, 0.1) is 5.69 Å². The highest BCUT2D eigenvalue weighted by Crippen LogP contribution is 2.35. The first-order valence-corrected chi connectivity index (χ1v) is 7.61. The molecule has 0 radical (unpaired) electrons. The lowest BCUT2D eigenvalue weighted by molar-refractivity contribution is -0.118. The average Bonchev–Trinajstić information content (AvgIpc) is 2.56. The van der Waals surface area contributed by atoms with Gasteiger partial charge in [-0.2, -0.15) is 0 Å². The number of anilines is 1. The summed E-state index contributed by atoms with van der Waals surface area (Å²) in [6.07, 6.45) is 1.68. The van der Waals surface area contributed by atoms with Crippen molar-refractivity contribution in [2.24, 2.45) is 0 Å². The van der Waals surface area contributed by atoms with Gasteiger partial charge in [-0.25, -0.2) is 0 Å². The number of fused-ring (bicyclic) bond motifs is 1. The standard InChI is InChI=1S/C19H19NO4/c1-12-8-14(9-13(2)18(12)21)10-17-19(22)20(11-23-3)15-6-4-5-7-16(15)24-17/h4-10,21H,11H2,1-3H3/b17-10+. The summed E-state index contributed by atoms with van der Waals surface area (Å²) in [5.41, 5.74) is 2.97. The molecule has 0 aliphatic carbocycles. The van der Waals surface area contributed by atoms with E-state index < -0.39 is 0 Å². The normalized spacial score (nSPS) is 15.4. The Morgan fingerprint density at radius 3 is 2.54 bits per heavy atom. The number of hydrogen-bond acceptors (Lipinski definition) is 4. The quantitative estimate of drug-likeness (QED) is 0.879. The Morgan fingerprint density at radius 1 is 1.21 bits per heavy atom. The topological polar surface area (TPSA) is 59.0 Å². The van der Waals surface area contributed by atoms with Gasteiger partial charge in [-0.3, -0.25) is 9.69 Å². The van der Waals surface area contributed by atoms with E-state index in [9.17, 15) is 9.90 Å². The number of carbonyl (C=O) groups excluding carboxylic acids is 1. The molecule has 0 bridgehead atoms. The average molecular weight is 325 g/mol. The van der Waals surface area contributed by atoms with Crippen LogP contribution in [0.3, 0.4) is 0 Å². The van der Waals surface area contributed by atoms with Crippen LogP contribution in [0.2, 0.25) is 0 Å². The Labute approximate surface area is 140 Å². The van der Waals surface area contributed by atoms with Gasteiger partial charge in [-0.05, 0) is 60.9 Å². The summed E-state index contributed by atoms with van der Waals surface area (Å²) in [4.78, 5) is 14.3. The Kier molecular flexibility index (Phi) is 4.27. The Hall–Kier alpha value is -2.79. The van der Waals surface area contributed by atoms with E-state index in [0.717, 1.165) is 16.7 Å². The van der Waals surface area contributed by atoms with Crippen LogP contribution in [0.25, 0.3) is 6.08 Å². The molecule has 0 unspecified atom stereocenters. The number of amides is 1. The highest BCUT2D eigenvalue weighted by molar-refractivity contribution is 6.09. The summed E-state index contributed by atoms with van der Waals surface area (Å²) < 4.78 is 10.9. The highest BCUT2D eigenvalue weighted by atomic mass is 16.5. The number of carbonyl (C=O) groups is 1. The maximum atomic E-state index is 12.7. The van der Waals surface area contributed by atoms with Crippen molar-refractivity contribution in [2.45, 2.75) is 13.8 Å². The second-order valence-corrected chi connectivity index (χ2v) is 5.73. The number of para-hydroxylation sites is 2. The van der Waals surface area contributed by atoms with Crippen LogP contribution >= 0.6 is 0 Å². The van der Waals surface area contributed by atoms with Gasteiger partial charge >= 0.3 is 0 Å². The molecule has 2 aromatic carbocycles. The molecular weight excluding hydrogens is 306 g/mol. The molecule has 1 heterocycles. The van der Waals surface area contributed by atoms with Gasteiger partial charge in [0.15, 0.2) is 11.5 Å². The fraction of sp³-hybridized carbons (Fsp3) is 0.211. The van der Waals surface area contributed by atoms with E-state index in [0.29, 0.717) is 11.4 Å². The molecule has 0 fully saturated rings. The molecule has 2 aromatic rings. The van der Waals surface area contributed by atoms with Crippen molar-refractivity contribution in [1.29, 1.82) is 0 Å². The number of phenols is 1. The Morgan fingerprint density at radius 2 is 1.88 bits per heavy atom. The van der Waals surface area contributed by atoms with E-state index in [1.165, 1.54) is 4.90 Å². The van der Waals surface area contributed by atoms with Gasteiger partial charge in [-0.15, -0.1) is 0 Å². The van der Waals surface area contributed by atoms with Crippen molar-refractivity contribution in [2.75, 3.05) is 18.7 Å². The number of ether oxygens (including phenoxy) is 2. The van der Waals surface area contributed by atoms with Crippen molar-refractivity contribution in [1.82, 2.24) is 0 Å². The lowest BCUT2D eigenvalue weighted by Gasteiger charge is -2.29. The maximum absolute atomic E-state index is 12.7. The summed E-state index contributed by atoms with van der Waals surface area (Å²) in [5.74, 6) is 0.821. The molecule has 0 saturated carbocycles. The first-order valence-electron chi connectivity index (χ1n) is 7.61. The zero-order valence-corrected chi connectivity index (χ0v) is 13.9. The van der Waals surface area contributed by atoms with Gasteiger partial charge < -0.3 is 14.6 Å². The van der Waals surface area contributed by atoms with Crippen molar-refractivity contribution in [3.05, 3.63) is 58.8 Å². The van der Waals surface area contributed by atoms with E-state index in [1.807, 2.05) is 50.2 Å². The Bertz CT molecular complexity index is 803. The van der Waals surface area contributed by atoms with E-state index in [1.54, 1.807) is 13.2 Å². The number of benzene rings is 2. The second-order valence-electron chi connectivity index (χ2n) is 5.73. The number of methoxy groups -OCH3 is 1. The lowest BCUT2D eigenvalue weighted by Crippen LogP contribution is -2.38. The number of nitrogens with zero attached hydrogens (tertiary/aromatic N) is 1. The molecule has 1 N–H and O–H groups in total. The predicted molar refractivity (Wildman–Crippen MR) is 92.0 cm³/mol. The van der Waals surface area contributed by atoms with Crippen LogP contribution < -0.4 is 9.64 Å². The van der Waals surface area contributed by atoms with Gasteiger partial charge in [0, 0.05) is 7.11 Å². The van der Waals surface area contributed by atoms with Crippen LogP contribution in [-0.4, -0.2) is 24.9 Å². The van der Waals surface area contributed by atoms with Gasteiger partial charge in [-0.1, -0.05) is 12.1 Å². The van der Waals surface area contributed by atoms with Crippen LogP contribution in [0.15, 0.2) is 42.2 Å². The molecule has 0 spiro atoms. The minimum Gasteiger partial charge on any atom is -0.507 e. The first kappa shape index (κ1) is 16.1.